The van der Waals surface area contributed by atoms with Crippen LogP contribution in [-0.4, -0.2) is 24.4 Å². The van der Waals surface area contributed by atoms with Crippen molar-refractivity contribution in [2.45, 2.75) is 26.7 Å². The second-order valence-electron chi connectivity index (χ2n) is 5.09. The standard InChI is InChI=1S/C16H18N2O4S2/c1-3-4-10-7-12(24-9(10)2)16(21)22-8-13(19)18-15-11(14(17)20)5-6-23-15/h5-7H,3-4,8H2,1-2H3,(H2,17,20)(H,18,19). The van der Waals surface area contributed by atoms with Crippen LogP contribution >= 0.6 is 22.7 Å². The van der Waals surface area contributed by atoms with E-state index in [1.165, 1.54) is 28.7 Å². The van der Waals surface area contributed by atoms with Gasteiger partial charge in [0.2, 0.25) is 0 Å². The van der Waals surface area contributed by atoms with E-state index in [0.717, 1.165) is 23.3 Å². The van der Waals surface area contributed by atoms with Gasteiger partial charge in [-0.15, -0.1) is 22.7 Å². The van der Waals surface area contributed by atoms with Gasteiger partial charge in [-0.3, -0.25) is 9.59 Å². The van der Waals surface area contributed by atoms with Crippen LogP contribution in [0.1, 0.15) is 43.8 Å². The van der Waals surface area contributed by atoms with Crippen LogP contribution in [0.5, 0.6) is 0 Å². The van der Waals surface area contributed by atoms with Gasteiger partial charge >= 0.3 is 5.97 Å². The van der Waals surface area contributed by atoms with Crippen molar-refractivity contribution in [2.24, 2.45) is 5.73 Å². The highest BCUT2D eigenvalue weighted by Gasteiger charge is 2.17. The maximum atomic E-state index is 12.0. The Kier molecular flexibility index (Phi) is 6.10. The lowest BCUT2D eigenvalue weighted by atomic mass is 10.1. The second-order valence-corrected chi connectivity index (χ2v) is 7.27. The van der Waals surface area contributed by atoms with E-state index in [1.54, 1.807) is 5.38 Å². The molecule has 2 aromatic heterocycles. The van der Waals surface area contributed by atoms with Crippen molar-refractivity contribution < 1.29 is 19.1 Å². The Hall–Kier alpha value is -2.19. The average Bonchev–Trinajstić information content (AvgIpc) is 3.13. The Balaban J connectivity index is 1.91. The zero-order chi connectivity index (χ0) is 17.7. The number of rotatable bonds is 7. The van der Waals surface area contributed by atoms with Gasteiger partial charge in [-0.05, 0) is 36.4 Å². The monoisotopic (exact) mass is 366 g/mol. The highest BCUT2D eigenvalue weighted by Crippen LogP contribution is 2.24. The number of anilines is 1. The van der Waals surface area contributed by atoms with Crippen molar-refractivity contribution in [1.82, 2.24) is 0 Å². The van der Waals surface area contributed by atoms with E-state index >= 15 is 0 Å². The third kappa shape index (κ3) is 4.42. The highest BCUT2D eigenvalue weighted by atomic mass is 32.1. The summed E-state index contributed by atoms with van der Waals surface area (Å²) >= 11 is 2.54. The number of esters is 1. The molecule has 0 aliphatic heterocycles. The summed E-state index contributed by atoms with van der Waals surface area (Å²) in [7, 11) is 0. The maximum absolute atomic E-state index is 12.0. The van der Waals surface area contributed by atoms with Gasteiger partial charge < -0.3 is 15.8 Å². The average molecular weight is 366 g/mol. The Bertz CT molecular complexity index is 764. The molecule has 2 rings (SSSR count). The minimum atomic E-state index is -0.624. The molecule has 2 aromatic rings. The largest absolute Gasteiger partial charge is 0.451 e. The van der Waals surface area contributed by atoms with Crippen molar-refractivity contribution in [1.29, 1.82) is 0 Å². The predicted octanol–water partition coefficient (Wildman–Crippen LogP) is 2.96. The molecule has 0 bridgehead atoms. The van der Waals surface area contributed by atoms with Crippen molar-refractivity contribution in [3.8, 4) is 0 Å². The smallest absolute Gasteiger partial charge is 0.348 e. The molecular formula is C16H18N2O4S2. The van der Waals surface area contributed by atoms with Gasteiger partial charge in [-0.25, -0.2) is 4.79 Å². The summed E-state index contributed by atoms with van der Waals surface area (Å²) in [5.74, 6) is -1.67. The zero-order valence-electron chi connectivity index (χ0n) is 13.4. The van der Waals surface area contributed by atoms with E-state index < -0.39 is 24.4 Å². The molecule has 0 radical (unpaired) electrons. The molecular weight excluding hydrogens is 348 g/mol. The summed E-state index contributed by atoms with van der Waals surface area (Å²) in [6.07, 6.45) is 1.90. The molecule has 128 valence electrons. The van der Waals surface area contributed by atoms with Crippen LogP contribution in [0.2, 0.25) is 0 Å². The van der Waals surface area contributed by atoms with Gasteiger partial charge in [0.25, 0.3) is 11.8 Å². The lowest BCUT2D eigenvalue weighted by Gasteiger charge is -2.05. The summed E-state index contributed by atoms with van der Waals surface area (Å²) in [6.45, 7) is 3.61. The first kappa shape index (κ1) is 18.2. The molecule has 0 saturated carbocycles. The Morgan fingerprint density at radius 2 is 2.08 bits per heavy atom. The number of nitrogens with one attached hydrogen (secondary N) is 1. The van der Waals surface area contributed by atoms with E-state index in [0.29, 0.717) is 9.88 Å². The molecule has 6 nitrogen and oxygen atoms in total. The topological polar surface area (TPSA) is 98.5 Å². The minimum Gasteiger partial charge on any atom is -0.451 e. The predicted molar refractivity (Wildman–Crippen MR) is 94.8 cm³/mol. The van der Waals surface area contributed by atoms with Crippen LogP contribution in [0.3, 0.4) is 0 Å². The van der Waals surface area contributed by atoms with E-state index in [4.69, 9.17) is 10.5 Å². The van der Waals surface area contributed by atoms with Crippen molar-refractivity contribution in [3.05, 3.63) is 38.4 Å². The Morgan fingerprint density at radius 1 is 1.33 bits per heavy atom. The van der Waals surface area contributed by atoms with Crippen LogP contribution in [0, 0.1) is 6.92 Å². The Labute approximate surface area is 147 Å². The van der Waals surface area contributed by atoms with E-state index in [-0.39, 0.29) is 5.56 Å². The summed E-state index contributed by atoms with van der Waals surface area (Å²) in [5, 5.41) is 4.51. The van der Waals surface area contributed by atoms with Gasteiger partial charge in [-0.2, -0.15) is 0 Å². The molecule has 24 heavy (non-hydrogen) atoms. The van der Waals surface area contributed by atoms with Gasteiger partial charge in [0.05, 0.1) is 5.56 Å². The summed E-state index contributed by atoms with van der Waals surface area (Å²) in [5.41, 5.74) is 6.57. The number of ether oxygens (including phenoxy) is 1. The summed E-state index contributed by atoms with van der Waals surface area (Å²) in [6, 6.07) is 3.34. The number of primary amides is 1. The number of thiophene rings is 2. The number of hydrogen-bond donors (Lipinski definition) is 2. The molecule has 0 spiro atoms. The molecule has 0 atom stereocenters. The molecule has 0 saturated heterocycles. The van der Waals surface area contributed by atoms with Crippen LogP contribution in [0.25, 0.3) is 0 Å². The SMILES string of the molecule is CCCc1cc(C(=O)OCC(=O)Nc2sccc2C(N)=O)sc1C. The summed E-state index contributed by atoms with van der Waals surface area (Å²) < 4.78 is 5.03. The second kappa shape index (κ2) is 8.07. The molecule has 0 aliphatic rings. The minimum absolute atomic E-state index is 0.234. The quantitative estimate of drug-likeness (QED) is 0.736. The lowest BCUT2D eigenvalue weighted by Crippen LogP contribution is -2.22. The first-order valence-electron chi connectivity index (χ1n) is 7.36. The molecule has 0 aromatic carbocycles. The number of nitrogens with two attached hydrogens (primary N) is 1. The Morgan fingerprint density at radius 3 is 2.75 bits per heavy atom. The van der Waals surface area contributed by atoms with Crippen LogP contribution in [0.4, 0.5) is 5.00 Å². The van der Waals surface area contributed by atoms with Gasteiger partial charge in [-0.1, -0.05) is 13.3 Å². The van der Waals surface area contributed by atoms with Gasteiger partial charge in [0.1, 0.15) is 9.88 Å². The fraction of sp³-hybridized carbons (Fsp3) is 0.312. The summed E-state index contributed by atoms with van der Waals surface area (Å²) in [4.78, 5) is 36.7. The fourth-order valence-corrected chi connectivity index (χ4v) is 3.88. The number of carbonyl (C=O) groups excluding carboxylic acids is 3. The zero-order valence-corrected chi connectivity index (χ0v) is 15.0. The maximum Gasteiger partial charge on any atom is 0.348 e. The number of amides is 2. The molecule has 0 unspecified atom stereocenters. The van der Waals surface area contributed by atoms with Crippen LogP contribution in [-0.2, 0) is 16.0 Å². The van der Waals surface area contributed by atoms with Crippen molar-refractivity contribution >= 4 is 45.5 Å². The van der Waals surface area contributed by atoms with Gasteiger partial charge in [0.15, 0.2) is 6.61 Å². The molecule has 8 heteroatoms. The van der Waals surface area contributed by atoms with Gasteiger partial charge in [0, 0.05) is 4.88 Å². The van der Waals surface area contributed by atoms with E-state index in [1.807, 2.05) is 13.0 Å². The normalized spacial score (nSPS) is 10.4. The third-order valence-electron chi connectivity index (χ3n) is 3.26. The number of carbonyl (C=O) groups is 3. The molecule has 2 amide bonds. The fourth-order valence-electron chi connectivity index (χ4n) is 2.10. The van der Waals surface area contributed by atoms with Crippen LogP contribution in [0.15, 0.2) is 17.5 Å². The first-order valence-corrected chi connectivity index (χ1v) is 9.05. The highest BCUT2D eigenvalue weighted by molar-refractivity contribution is 7.15. The molecule has 0 fully saturated rings. The van der Waals surface area contributed by atoms with Crippen LogP contribution < -0.4 is 11.1 Å². The molecule has 3 N–H and O–H groups in total. The van der Waals surface area contributed by atoms with E-state index in [9.17, 15) is 14.4 Å². The number of hydrogen-bond acceptors (Lipinski definition) is 6. The number of aryl methyl sites for hydroxylation is 2. The van der Waals surface area contributed by atoms with Crippen molar-refractivity contribution in [3.63, 3.8) is 0 Å². The third-order valence-corrected chi connectivity index (χ3v) is 5.16. The van der Waals surface area contributed by atoms with Crippen molar-refractivity contribution in [2.75, 3.05) is 11.9 Å². The van der Waals surface area contributed by atoms with E-state index in [2.05, 4.69) is 12.2 Å². The first-order chi connectivity index (χ1) is 11.4. The molecule has 2 heterocycles. The molecule has 0 aliphatic carbocycles. The lowest BCUT2D eigenvalue weighted by molar-refractivity contribution is -0.119.